The van der Waals surface area contributed by atoms with Crippen LogP contribution in [0.25, 0.3) is 0 Å². The molecule has 1 atom stereocenters. The zero-order chi connectivity index (χ0) is 16.3. The fourth-order valence-corrected chi connectivity index (χ4v) is 4.59. The number of benzene rings is 1. The van der Waals surface area contributed by atoms with Gasteiger partial charge in [0.05, 0.1) is 0 Å². The first-order chi connectivity index (χ1) is 10.3. The molecule has 0 aromatic heterocycles. The quantitative estimate of drug-likeness (QED) is 0.724. The van der Waals surface area contributed by atoms with Gasteiger partial charge in [-0.05, 0) is 34.3 Å². The van der Waals surface area contributed by atoms with Crippen molar-refractivity contribution < 1.29 is 17.9 Å². The molecule has 0 saturated carbocycles. The maximum absolute atomic E-state index is 12.6. The van der Waals surface area contributed by atoms with Crippen molar-refractivity contribution in [3.8, 4) is 11.5 Å². The van der Waals surface area contributed by atoms with E-state index in [4.69, 9.17) is 15.2 Å². The summed E-state index contributed by atoms with van der Waals surface area (Å²) in [6, 6.07) is 2.79. The minimum Gasteiger partial charge on any atom is -0.486 e. The summed E-state index contributed by atoms with van der Waals surface area (Å²) in [7, 11) is -3.69. The van der Waals surface area contributed by atoms with Crippen LogP contribution in [-0.2, 0) is 10.0 Å². The Bertz CT molecular complexity index is 640. The Hall–Kier alpha value is -0.540. The second-order valence-corrected chi connectivity index (χ2v) is 8.15. The monoisotopic (exact) mass is 428 g/mol. The number of fused-ring (bicyclic) bond motifs is 1. The van der Waals surface area contributed by atoms with Crippen LogP contribution in [0.5, 0.6) is 11.5 Å². The Labute approximate surface area is 151 Å². The van der Waals surface area contributed by atoms with Crippen LogP contribution in [0.3, 0.4) is 0 Å². The molecule has 0 radical (unpaired) electrons. The largest absolute Gasteiger partial charge is 0.486 e. The lowest BCUT2D eigenvalue weighted by Gasteiger charge is -2.22. The second kappa shape index (κ2) is 8.53. The molecular formula is C14H22BrClN2O4S. The summed E-state index contributed by atoms with van der Waals surface area (Å²) in [4.78, 5) is 0.124. The van der Waals surface area contributed by atoms with Crippen LogP contribution >= 0.6 is 28.3 Å². The van der Waals surface area contributed by atoms with Gasteiger partial charge in [-0.1, -0.05) is 13.8 Å². The molecular weight excluding hydrogens is 408 g/mol. The fraction of sp³-hybridized carbons (Fsp3) is 0.571. The summed E-state index contributed by atoms with van der Waals surface area (Å²) >= 11 is 3.29. The van der Waals surface area contributed by atoms with Crippen molar-refractivity contribution in [2.45, 2.75) is 31.2 Å². The first kappa shape index (κ1) is 20.5. The highest BCUT2D eigenvalue weighted by molar-refractivity contribution is 9.10. The molecule has 132 valence electrons. The summed E-state index contributed by atoms with van der Waals surface area (Å²) in [6.07, 6.45) is 0.678. The van der Waals surface area contributed by atoms with Crippen molar-refractivity contribution in [3.05, 3.63) is 16.6 Å². The first-order valence-corrected chi connectivity index (χ1v) is 9.42. The van der Waals surface area contributed by atoms with Gasteiger partial charge >= 0.3 is 0 Å². The van der Waals surface area contributed by atoms with Gasteiger partial charge in [-0.2, -0.15) is 0 Å². The van der Waals surface area contributed by atoms with E-state index in [1.54, 1.807) is 6.07 Å². The van der Waals surface area contributed by atoms with Crippen molar-refractivity contribution >= 4 is 38.4 Å². The Balaban J connectivity index is 0.00000264. The number of nitrogens with one attached hydrogen (secondary N) is 1. The van der Waals surface area contributed by atoms with E-state index >= 15 is 0 Å². The van der Waals surface area contributed by atoms with Gasteiger partial charge in [-0.15, -0.1) is 12.4 Å². The lowest BCUT2D eigenvalue weighted by Crippen LogP contribution is -2.41. The summed E-state index contributed by atoms with van der Waals surface area (Å²) in [5.74, 6) is 1.32. The maximum atomic E-state index is 12.6. The molecule has 0 saturated heterocycles. The minimum atomic E-state index is -3.69. The molecule has 0 spiro atoms. The van der Waals surface area contributed by atoms with E-state index in [2.05, 4.69) is 20.7 Å². The maximum Gasteiger partial charge on any atom is 0.242 e. The summed E-state index contributed by atoms with van der Waals surface area (Å²) in [6.45, 7) is 5.15. The number of halogens is 2. The zero-order valence-corrected chi connectivity index (χ0v) is 16.3. The number of rotatable bonds is 6. The molecule has 0 fully saturated rings. The molecule has 0 aliphatic carbocycles. The van der Waals surface area contributed by atoms with E-state index in [0.29, 0.717) is 41.5 Å². The van der Waals surface area contributed by atoms with Crippen molar-refractivity contribution in [3.63, 3.8) is 0 Å². The molecule has 23 heavy (non-hydrogen) atoms. The molecule has 1 aromatic rings. The number of nitrogens with two attached hydrogens (primary N) is 1. The molecule has 1 aliphatic rings. The van der Waals surface area contributed by atoms with Crippen LogP contribution in [0.1, 0.15) is 20.3 Å². The van der Waals surface area contributed by atoms with Crippen LogP contribution in [-0.4, -0.2) is 34.2 Å². The van der Waals surface area contributed by atoms with Gasteiger partial charge in [-0.25, -0.2) is 13.1 Å². The Kier molecular flexibility index (Phi) is 7.60. The van der Waals surface area contributed by atoms with Crippen molar-refractivity contribution in [1.82, 2.24) is 4.72 Å². The summed E-state index contributed by atoms with van der Waals surface area (Å²) in [5, 5.41) is 0. The standard InChI is InChI=1S/C14H21BrN2O4S.ClH/c1-9(2)5-10(8-16)17-22(18,19)14-7-13-12(6-11(14)15)20-3-4-21-13;/h6-7,9-10,17H,3-5,8,16H2,1-2H3;1H. The minimum absolute atomic E-state index is 0. The molecule has 6 nitrogen and oxygen atoms in total. The van der Waals surface area contributed by atoms with Crippen molar-refractivity contribution in [2.24, 2.45) is 11.7 Å². The average Bonchev–Trinajstić information content (AvgIpc) is 2.44. The highest BCUT2D eigenvalue weighted by Crippen LogP contribution is 2.37. The highest BCUT2D eigenvalue weighted by Gasteiger charge is 2.25. The van der Waals surface area contributed by atoms with Crippen LogP contribution in [0.4, 0.5) is 0 Å². The number of sulfonamides is 1. The van der Waals surface area contributed by atoms with E-state index in [-0.39, 0.29) is 29.9 Å². The second-order valence-electron chi connectivity index (χ2n) is 5.61. The fourth-order valence-electron chi connectivity index (χ4n) is 2.30. The van der Waals surface area contributed by atoms with E-state index in [9.17, 15) is 8.42 Å². The Morgan fingerprint density at radius 2 is 1.83 bits per heavy atom. The third-order valence-electron chi connectivity index (χ3n) is 3.25. The number of ether oxygens (including phenoxy) is 2. The number of hydrogen-bond acceptors (Lipinski definition) is 5. The predicted octanol–water partition coefficient (Wildman–Crippen LogP) is 2.29. The van der Waals surface area contributed by atoms with Gasteiger partial charge in [-0.3, -0.25) is 0 Å². The highest BCUT2D eigenvalue weighted by atomic mass is 79.9. The molecule has 3 N–H and O–H groups in total. The zero-order valence-electron chi connectivity index (χ0n) is 13.0. The third kappa shape index (κ3) is 5.22. The van der Waals surface area contributed by atoms with Gasteiger partial charge in [0, 0.05) is 23.1 Å². The Morgan fingerprint density at radius 1 is 1.26 bits per heavy atom. The van der Waals surface area contributed by atoms with Gasteiger partial charge in [0.25, 0.3) is 0 Å². The third-order valence-corrected chi connectivity index (χ3v) is 5.73. The predicted molar refractivity (Wildman–Crippen MR) is 95.0 cm³/mol. The normalized spacial score (nSPS) is 15.2. The van der Waals surface area contributed by atoms with Crippen LogP contribution < -0.4 is 19.9 Å². The molecule has 1 aromatic carbocycles. The molecule has 9 heteroatoms. The first-order valence-electron chi connectivity index (χ1n) is 7.15. The summed E-state index contributed by atoms with van der Waals surface area (Å²) < 4.78 is 39.2. The molecule has 2 rings (SSSR count). The lowest BCUT2D eigenvalue weighted by atomic mass is 10.1. The SMILES string of the molecule is CC(C)CC(CN)NS(=O)(=O)c1cc2c(cc1Br)OCCO2.Cl. The van der Waals surface area contributed by atoms with E-state index < -0.39 is 10.0 Å². The van der Waals surface area contributed by atoms with Gasteiger partial charge in [0.15, 0.2) is 11.5 Å². The van der Waals surface area contributed by atoms with Gasteiger partial charge in [0.1, 0.15) is 18.1 Å². The molecule has 0 amide bonds. The molecule has 1 heterocycles. The van der Waals surface area contributed by atoms with Gasteiger partial charge < -0.3 is 15.2 Å². The average molecular weight is 430 g/mol. The van der Waals surface area contributed by atoms with Crippen LogP contribution in [0, 0.1) is 5.92 Å². The smallest absolute Gasteiger partial charge is 0.242 e. The lowest BCUT2D eigenvalue weighted by molar-refractivity contribution is 0.171. The van der Waals surface area contributed by atoms with Crippen molar-refractivity contribution in [1.29, 1.82) is 0 Å². The molecule has 1 unspecified atom stereocenters. The van der Waals surface area contributed by atoms with E-state index in [1.807, 2.05) is 13.8 Å². The molecule has 0 bridgehead atoms. The Morgan fingerprint density at radius 3 is 2.35 bits per heavy atom. The van der Waals surface area contributed by atoms with Crippen LogP contribution in [0.2, 0.25) is 0 Å². The topological polar surface area (TPSA) is 90.7 Å². The molecule has 1 aliphatic heterocycles. The van der Waals surface area contributed by atoms with E-state index in [0.717, 1.165) is 0 Å². The van der Waals surface area contributed by atoms with Crippen molar-refractivity contribution in [2.75, 3.05) is 19.8 Å². The van der Waals surface area contributed by atoms with E-state index in [1.165, 1.54) is 6.07 Å². The van der Waals surface area contributed by atoms with Crippen LogP contribution in [0.15, 0.2) is 21.5 Å². The summed E-state index contributed by atoms with van der Waals surface area (Å²) in [5.41, 5.74) is 5.67. The number of hydrogen-bond donors (Lipinski definition) is 2. The van der Waals surface area contributed by atoms with Gasteiger partial charge in [0.2, 0.25) is 10.0 Å².